The van der Waals surface area contributed by atoms with Gasteiger partial charge >= 0.3 is 0 Å². The lowest BCUT2D eigenvalue weighted by Gasteiger charge is -2.25. The summed E-state index contributed by atoms with van der Waals surface area (Å²) in [6, 6.07) is 8.82. The summed E-state index contributed by atoms with van der Waals surface area (Å²) in [6.07, 6.45) is 0. The molecule has 4 rings (SSSR count). The van der Waals surface area contributed by atoms with Gasteiger partial charge in [-0.05, 0) is 35.9 Å². The molecule has 0 saturated carbocycles. The number of amides is 1. The van der Waals surface area contributed by atoms with Gasteiger partial charge in [-0.25, -0.2) is 0 Å². The van der Waals surface area contributed by atoms with Crippen LogP contribution in [0, 0.1) is 0 Å². The van der Waals surface area contributed by atoms with E-state index < -0.39 is 17.7 Å². The molecule has 162 valence electrons. The van der Waals surface area contributed by atoms with Crippen molar-refractivity contribution in [2.45, 2.75) is 6.04 Å². The molecule has 1 amide bonds. The molecule has 7 nitrogen and oxygen atoms in total. The van der Waals surface area contributed by atoms with E-state index in [1.165, 1.54) is 12.0 Å². The van der Waals surface area contributed by atoms with Crippen molar-refractivity contribution in [2.24, 2.45) is 0 Å². The normalized spacial score (nSPS) is 19.7. The number of likely N-dealkylation sites (tertiary alicyclic amines) is 1. The number of aliphatic hydroxyl groups is 1. The van der Waals surface area contributed by atoms with Gasteiger partial charge in [0.15, 0.2) is 11.5 Å². The Labute approximate surface area is 188 Å². The summed E-state index contributed by atoms with van der Waals surface area (Å²) in [5.74, 6) is -0.836. The zero-order chi connectivity index (χ0) is 22.1. The molecular weight excluding hydrogens is 445 g/mol. The third kappa shape index (κ3) is 3.96. The summed E-state index contributed by atoms with van der Waals surface area (Å²) in [5, 5.41) is 11.7. The van der Waals surface area contributed by atoms with Gasteiger partial charge in [0.2, 0.25) is 0 Å². The van der Waals surface area contributed by atoms with E-state index in [1.807, 2.05) is 0 Å². The Kier molecular flexibility index (Phi) is 6.09. The molecule has 1 saturated heterocycles. The highest BCUT2D eigenvalue weighted by Gasteiger charge is 2.46. The van der Waals surface area contributed by atoms with Gasteiger partial charge in [-0.2, -0.15) is 0 Å². The van der Waals surface area contributed by atoms with Gasteiger partial charge in [-0.3, -0.25) is 9.59 Å². The van der Waals surface area contributed by atoms with E-state index in [2.05, 4.69) is 0 Å². The van der Waals surface area contributed by atoms with Crippen LogP contribution in [0.1, 0.15) is 17.2 Å². The Morgan fingerprint density at radius 2 is 1.84 bits per heavy atom. The molecule has 1 atom stereocenters. The molecule has 31 heavy (non-hydrogen) atoms. The zero-order valence-corrected chi connectivity index (χ0v) is 18.1. The van der Waals surface area contributed by atoms with Crippen LogP contribution in [0.2, 0.25) is 10.0 Å². The smallest absolute Gasteiger partial charge is 0.295 e. The number of halogens is 2. The van der Waals surface area contributed by atoms with Gasteiger partial charge in [-0.1, -0.05) is 29.3 Å². The first kappa shape index (κ1) is 21.5. The number of carbonyl (C=O) groups is 2. The van der Waals surface area contributed by atoms with Crippen molar-refractivity contribution in [3.63, 3.8) is 0 Å². The van der Waals surface area contributed by atoms with Gasteiger partial charge in [0.1, 0.15) is 19.0 Å². The highest BCUT2D eigenvalue weighted by Crippen LogP contribution is 2.42. The summed E-state index contributed by atoms with van der Waals surface area (Å²) < 4.78 is 16.2. The Balaban J connectivity index is 1.85. The van der Waals surface area contributed by atoms with Crippen molar-refractivity contribution in [3.05, 3.63) is 63.1 Å². The number of rotatable bonds is 5. The molecule has 2 aliphatic rings. The first-order valence-corrected chi connectivity index (χ1v) is 10.3. The average Bonchev–Trinajstić information content (AvgIpc) is 3.03. The molecule has 2 aromatic carbocycles. The van der Waals surface area contributed by atoms with Crippen LogP contribution in [0.5, 0.6) is 11.5 Å². The van der Waals surface area contributed by atoms with Crippen LogP contribution in [0.3, 0.4) is 0 Å². The quantitative estimate of drug-likeness (QED) is 0.411. The third-order valence-electron chi connectivity index (χ3n) is 5.15. The summed E-state index contributed by atoms with van der Waals surface area (Å²) in [6.45, 7) is 1.18. The van der Waals surface area contributed by atoms with Gasteiger partial charge in [-0.15, -0.1) is 0 Å². The predicted molar refractivity (Wildman–Crippen MR) is 115 cm³/mol. The second-order valence-electron chi connectivity index (χ2n) is 7.02. The highest BCUT2D eigenvalue weighted by atomic mass is 35.5. The number of benzene rings is 2. The van der Waals surface area contributed by atoms with Crippen molar-refractivity contribution in [3.8, 4) is 11.5 Å². The largest absolute Gasteiger partial charge is 0.507 e. The van der Waals surface area contributed by atoms with E-state index in [9.17, 15) is 14.7 Å². The SMILES string of the molecule is COCCN1C(=O)C(=O)C(=C(O)c2ccc3c(c2)OCCO3)C1c1ccc(Cl)c(Cl)c1. The minimum Gasteiger partial charge on any atom is -0.507 e. The van der Waals surface area contributed by atoms with Crippen LogP contribution in [0.25, 0.3) is 5.76 Å². The van der Waals surface area contributed by atoms with E-state index in [0.717, 1.165) is 0 Å². The monoisotopic (exact) mass is 463 g/mol. The van der Waals surface area contributed by atoms with Crippen molar-refractivity contribution in [1.82, 2.24) is 4.90 Å². The molecule has 0 aliphatic carbocycles. The van der Waals surface area contributed by atoms with Gasteiger partial charge in [0.05, 0.1) is 28.3 Å². The fourth-order valence-corrected chi connectivity index (χ4v) is 3.98. The number of ether oxygens (including phenoxy) is 3. The number of aliphatic hydroxyl groups excluding tert-OH is 1. The van der Waals surface area contributed by atoms with Crippen molar-refractivity contribution >= 4 is 40.7 Å². The fraction of sp³-hybridized carbons (Fsp3) is 0.273. The molecule has 0 spiro atoms. The zero-order valence-electron chi connectivity index (χ0n) is 16.6. The molecule has 9 heteroatoms. The summed E-state index contributed by atoms with van der Waals surface area (Å²) in [5.41, 5.74) is 0.832. The van der Waals surface area contributed by atoms with Crippen LogP contribution >= 0.6 is 23.2 Å². The van der Waals surface area contributed by atoms with E-state index in [1.54, 1.807) is 36.4 Å². The Bertz CT molecular complexity index is 1080. The van der Waals surface area contributed by atoms with E-state index in [0.29, 0.717) is 40.9 Å². The van der Waals surface area contributed by atoms with Gasteiger partial charge in [0.25, 0.3) is 11.7 Å². The molecule has 1 unspecified atom stereocenters. The minimum atomic E-state index is -0.849. The standard InChI is InChI=1S/C22H19Cl2NO6/c1-29-7-6-25-19(12-2-4-14(23)15(24)10-12)18(21(27)22(25)28)20(26)13-3-5-16-17(11-13)31-9-8-30-16/h2-5,10-11,19,26H,6-9H2,1H3. The van der Waals surface area contributed by atoms with Gasteiger partial charge < -0.3 is 24.2 Å². The van der Waals surface area contributed by atoms with Crippen LogP contribution < -0.4 is 9.47 Å². The minimum absolute atomic E-state index is 0.0452. The number of carbonyl (C=O) groups excluding carboxylic acids is 2. The molecular formula is C22H19Cl2NO6. The molecule has 0 radical (unpaired) electrons. The second-order valence-corrected chi connectivity index (χ2v) is 7.83. The van der Waals surface area contributed by atoms with E-state index in [-0.39, 0.29) is 29.5 Å². The maximum atomic E-state index is 13.0. The van der Waals surface area contributed by atoms with Crippen LogP contribution in [-0.2, 0) is 14.3 Å². The van der Waals surface area contributed by atoms with Crippen molar-refractivity contribution < 1.29 is 28.9 Å². The summed E-state index contributed by atoms with van der Waals surface area (Å²) in [4.78, 5) is 27.1. The number of ketones is 1. The van der Waals surface area contributed by atoms with Crippen LogP contribution in [-0.4, -0.2) is 55.2 Å². The molecule has 0 bridgehead atoms. The molecule has 2 aromatic rings. The lowest BCUT2D eigenvalue weighted by molar-refractivity contribution is -0.140. The first-order chi connectivity index (χ1) is 14.9. The summed E-state index contributed by atoms with van der Waals surface area (Å²) in [7, 11) is 1.50. The average molecular weight is 464 g/mol. The number of Topliss-reactive ketones (excluding diaryl/α,β-unsaturated/α-hetero) is 1. The number of hydrogen-bond donors (Lipinski definition) is 1. The number of methoxy groups -OCH3 is 1. The van der Waals surface area contributed by atoms with Crippen molar-refractivity contribution in [2.75, 3.05) is 33.5 Å². The molecule has 2 aliphatic heterocycles. The van der Waals surface area contributed by atoms with E-state index >= 15 is 0 Å². The maximum Gasteiger partial charge on any atom is 0.295 e. The topological polar surface area (TPSA) is 85.3 Å². The lowest BCUT2D eigenvalue weighted by atomic mass is 9.95. The molecule has 1 fully saturated rings. The van der Waals surface area contributed by atoms with Crippen molar-refractivity contribution in [1.29, 1.82) is 0 Å². The second kappa shape index (κ2) is 8.78. The molecule has 1 N–H and O–H groups in total. The number of hydrogen-bond acceptors (Lipinski definition) is 6. The van der Waals surface area contributed by atoms with E-state index in [4.69, 9.17) is 37.4 Å². The lowest BCUT2D eigenvalue weighted by Crippen LogP contribution is -2.32. The number of fused-ring (bicyclic) bond motifs is 1. The third-order valence-corrected chi connectivity index (χ3v) is 5.89. The Hall–Kier alpha value is -2.74. The summed E-state index contributed by atoms with van der Waals surface area (Å²) >= 11 is 12.2. The van der Waals surface area contributed by atoms with Gasteiger partial charge in [0, 0.05) is 19.2 Å². The maximum absolute atomic E-state index is 13.0. The van der Waals surface area contributed by atoms with Crippen LogP contribution in [0.15, 0.2) is 42.0 Å². The Morgan fingerprint density at radius 3 is 2.55 bits per heavy atom. The highest BCUT2D eigenvalue weighted by molar-refractivity contribution is 6.46. The fourth-order valence-electron chi connectivity index (χ4n) is 3.68. The first-order valence-electron chi connectivity index (χ1n) is 9.54. The Morgan fingerprint density at radius 1 is 1.10 bits per heavy atom. The molecule has 0 aromatic heterocycles. The van der Waals surface area contributed by atoms with Crippen LogP contribution in [0.4, 0.5) is 0 Å². The molecule has 2 heterocycles. The predicted octanol–water partition coefficient (Wildman–Crippen LogP) is 3.83. The number of nitrogens with zero attached hydrogens (tertiary/aromatic N) is 1.